The maximum absolute atomic E-state index is 13.9. The molecule has 1 aliphatic rings. The molecule has 1 amide bonds. The summed E-state index contributed by atoms with van der Waals surface area (Å²) in [7, 11) is 1.18. The number of anilines is 1. The molecule has 1 aromatic carbocycles. The zero-order chi connectivity index (χ0) is 13.5. The van der Waals surface area contributed by atoms with Crippen molar-refractivity contribution in [2.24, 2.45) is 5.73 Å². The number of benzene rings is 1. The molecular formula is C11H11F3N2O2. The van der Waals surface area contributed by atoms with Crippen LogP contribution < -0.4 is 15.4 Å². The Labute approximate surface area is 101 Å². The summed E-state index contributed by atoms with van der Waals surface area (Å²) in [5.41, 5.74) is 4.06. The van der Waals surface area contributed by atoms with Crippen LogP contribution in [0.3, 0.4) is 0 Å². The lowest BCUT2D eigenvalue weighted by molar-refractivity contribution is -0.141. The third-order valence-electron chi connectivity index (χ3n) is 2.76. The van der Waals surface area contributed by atoms with E-state index in [4.69, 9.17) is 10.5 Å². The van der Waals surface area contributed by atoms with E-state index in [-0.39, 0.29) is 18.8 Å². The predicted octanol–water partition coefficient (Wildman–Crippen LogP) is 1.23. The topological polar surface area (TPSA) is 55.6 Å². The van der Waals surface area contributed by atoms with Crippen LogP contribution in [0.5, 0.6) is 5.75 Å². The van der Waals surface area contributed by atoms with Crippen LogP contribution >= 0.6 is 0 Å². The molecule has 0 spiro atoms. The number of hydrogen-bond acceptors (Lipinski definition) is 3. The zero-order valence-corrected chi connectivity index (χ0v) is 9.54. The second kappa shape index (κ2) is 4.16. The summed E-state index contributed by atoms with van der Waals surface area (Å²) >= 11 is 0. The van der Waals surface area contributed by atoms with Crippen LogP contribution in [0.1, 0.15) is 5.56 Å². The summed E-state index contributed by atoms with van der Waals surface area (Å²) in [6.45, 7) is -0.219. The van der Waals surface area contributed by atoms with Crippen molar-refractivity contribution in [2.45, 2.75) is 5.92 Å². The minimum absolute atomic E-state index is 0.0437. The molecule has 0 saturated heterocycles. The number of fused-ring (bicyclic) bond motifs is 1. The zero-order valence-electron chi connectivity index (χ0n) is 9.54. The first-order valence-corrected chi connectivity index (χ1v) is 5.22. The van der Waals surface area contributed by atoms with Gasteiger partial charge >= 0.3 is 11.8 Å². The minimum atomic E-state index is -3.79. The Bertz CT molecular complexity index is 505. The molecule has 2 N–H and O–H groups in total. The number of nitrogens with zero attached hydrogens (tertiary/aromatic N) is 1. The van der Waals surface area contributed by atoms with E-state index in [1.165, 1.54) is 7.11 Å². The highest BCUT2D eigenvalue weighted by Crippen LogP contribution is 2.49. The van der Waals surface area contributed by atoms with Gasteiger partial charge in [-0.25, -0.2) is 4.39 Å². The highest BCUT2D eigenvalue weighted by atomic mass is 19.3. The van der Waals surface area contributed by atoms with Crippen molar-refractivity contribution in [3.05, 3.63) is 23.5 Å². The predicted molar refractivity (Wildman–Crippen MR) is 58.3 cm³/mol. The van der Waals surface area contributed by atoms with Crippen molar-refractivity contribution in [1.82, 2.24) is 0 Å². The first-order valence-electron chi connectivity index (χ1n) is 5.22. The van der Waals surface area contributed by atoms with Crippen LogP contribution in [0.4, 0.5) is 18.9 Å². The maximum Gasteiger partial charge on any atom is 0.355 e. The summed E-state index contributed by atoms with van der Waals surface area (Å²) in [4.78, 5) is 12.3. The number of halogens is 3. The lowest BCUT2D eigenvalue weighted by Crippen LogP contribution is -2.37. The fraction of sp³-hybridized carbons (Fsp3) is 0.364. The molecule has 0 aromatic heterocycles. The molecule has 18 heavy (non-hydrogen) atoms. The van der Waals surface area contributed by atoms with Gasteiger partial charge in [0.15, 0.2) is 0 Å². The van der Waals surface area contributed by atoms with Crippen molar-refractivity contribution in [2.75, 3.05) is 25.1 Å². The molecule has 1 aliphatic heterocycles. The number of nitrogens with two attached hydrogens (primary N) is 1. The van der Waals surface area contributed by atoms with E-state index < -0.39 is 28.9 Å². The average molecular weight is 260 g/mol. The Kier molecular flexibility index (Phi) is 2.94. The van der Waals surface area contributed by atoms with Gasteiger partial charge in [0.2, 0.25) is 0 Å². The van der Waals surface area contributed by atoms with Crippen LogP contribution in [-0.4, -0.2) is 26.1 Å². The number of hydrogen-bond donors (Lipinski definition) is 1. The third-order valence-corrected chi connectivity index (χ3v) is 2.76. The molecular weight excluding hydrogens is 249 g/mol. The number of carbonyl (C=O) groups is 1. The van der Waals surface area contributed by atoms with Gasteiger partial charge in [0.25, 0.3) is 0 Å². The number of carbonyl (C=O) groups excluding carboxylic acids is 1. The highest BCUT2D eigenvalue weighted by molar-refractivity contribution is 6.06. The van der Waals surface area contributed by atoms with Crippen LogP contribution in [0.25, 0.3) is 0 Å². The number of methoxy groups -OCH3 is 1. The monoisotopic (exact) mass is 260 g/mol. The van der Waals surface area contributed by atoms with Gasteiger partial charge < -0.3 is 15.4 Å². The van der Waals surface area contributed by atoms with E-state index >= 15 is 0 Å². The van der Waals surface area contributed by atoms with Gasteiger partial charge in [-0.05, 0) is 12.1 Å². The van der Waals surface area contributed by atoms with E-state index in [0.29, 0.717) is 4.90 Å². The first-order chi connectivity index (χ1) is 8.45. The Hall–Kier alpha value is -1.76. The summed E-state index contributed by atoms with van der Waals surface area (Å²) < 4.78 is 46.1. The Morgan fingerprint density at radius 3 is 2.67 bits per heavy atom. The molecule has 4 nitrogen and oxygen atoms in total. The van der Waals surface area contributed by atoms with Gasteiger partial charge in [0.1, 0.15) is 11.6 Å². The van der Waals surface area contributed by atoms with Crippen molar-refractivity contribution in [3.8, 4) is 5.75 Å². The van der Waals surface area contributed by atoms with E-state index in [0.717, 1.165) is 12.1 Å². The van der Waals surface area contributed by atoms with E-state index in [9.17, 15) is 18.0 Å². The van der Waals surface area contributed by atoms with Crippen molar-refractivity contribution >= 4 is 11.6 Å². The molecule has 98 valence electrons. The second-order valence-electron chi connectivity index (χ2n) is 3.79. The van der Waals surface area contributed by atoms with Gasteiger partial charge in [-0.15, -0.1) is 0 Å². The summed E-state index contributed by atoms with van der Waals surface area (Å²) in [5, 5.41) is 0. The number of ether oxygens (including phenoxy) is 1. The van der Waals surface area contributed by atoms with Gasteiger partial charge in [0, 0.05) is 13.1 Å². The molecule has 0 fully saturated rings. The smallest absolute Gasteiger partial charge is 0.355 e. The Balaban J connectivity index is 2.70. The lowest BCUT2D eigenvalue weighted by Gasteiger charge is -2.16. The Morgan fingerprint density at radius 1 is 1.44 bits per heavy atom. The molecule has 0 atom stereocenters. The maximum atomic E-state index is 13.9. The van der Waals surface area contributed by atoms with Gasteiger partial charge in [-0.1, -0.05) is 0 Å². The summed E-state index contributed by atoms with van der Waals surface area (Å²) in [6.07, 6.45) is 0. The fourth-order valence-electron chi connectivity index (χ4n) is 2.01. The van der Waals surface area contributed by atoms with E-state index in [1.807, 2.05) is 0 Å². The Morgan fingerprint density at radius 2 is 2.11 bits per heavy atom. The number of amides is 1. The third kappa shape index (κ3) is 1.54. The average Bonchev–Trinajstić information content (AvgIpc) is 2.53. The molecule has 0 radical (unpaired) electrons. The molecule has 1 aromatic rings. The molecule has 0 aliphatic carbocycles. The van der Waals surface area contributed by atoms with Crippen LogP contribution in [0.2, 0.25) is 0 Å². The fourth-order valence-corrected chi connectivity index (χ4v) is 2.01. The molecule has 0 bridgehead atoms. The molecule has 0 unspecified atom stereocenters. The van der Waals surface area contributed by atoms with Gasteiger partial charge in [-0.3, -0.25) is 4.79 Å². The van der Waals surface area contributed by atoms with E-state index in [1.54, 1.807) is 0 Å². The highest BCUT2D eigenvalue weighted by Gasteiger charge is 2.55. The van der Waals surface area contributed by atoms with Gasteiger partial charge in [0.05, 0.1) is 18.4 Å². The van der Waals surface area contributed by atoms with Crippen molar-refractivity contribution < 1.29 is 22.7 Å². The molecule has 0 saturated carbocycles. The lowest BCUT2D eigenvalue weighted by atomic mass is 10.1. The number of alkyl halides is 2. The number of rotatable bonds is 3. The second-order valence-corrected chi connectivity index (χ2v) is 3.79. The molecule has 2 rings (SSSR count). The van der Waals surface area contributed by atoms with Gasteiger partial charge in [-0.2, -0.15) is 8.78 Å². The van der Waals surface area contributed by atoms with Crippen LogP contribution in [0.15, 0.2) is 12.1 Å². The largest absolute Gasteiger partial charge is 0.496 e. The van der Waals surface area contributed by atoms with Crippen LogP contribution in [0, 0.1) is 5.82 Å². The quantitative estimate of drug-likeness (QED) is 0.889. The summed E-state index contributed by atoms with van der Waals surface area (Å²) in [5.74, 6) is -6.39. The standard InChI is InChI=1S/C11H11F3N2O2/c1-18-7-3-2-6(12)9-8(7)11(13,14)10(17)16(9)5-4-15/h2-3H,4-5,15H2,1H3. The van der Waals surface area contributed by atoms with Crippen LogP contribution in [-0.2, 0) is 10.7 Å². The minimum Gasteiger partial charge on any atom is -0.496 e. The molecule has 1 heterocycles. The SMILES string of the molecule is COc1ccc(F)c2c1C(F)(F)C(=O)N2CCN. The summed E-state index contributed by atoms with van der Waals surface area (Å²) in [6, 6.07) is 2.05. The van der Waals surface area contributed by atoms with E-state index in [2.05, 4.69) is 0 Å². The van der Waals surface area contributed by atoms with Crippen molar-refractivity contribution in [1.29, 1.82) is 0 Å². The van der Waals surface area contributed by atoms with Crippen molar-refractivity contribution in [3.63, 3.8) is 0 Å². The first kappa shape index (κ1) is 12.7. The molecule has 7 heteroatoms. The normalized spacial score (nSPS) is 16.9.